The molecule has 25 heavy (non-hydrogen) atoms. The molecule has 4 nitrogen and oxygen atoms in total. The van der Waals surface area contributed by atoms with Gasteiger partial charge < -0.3 is 10.2 Å². The van der Waals surface area contributed by atoms with Gasteiger partial charge in [-0.1, -0.05) is 18.2 Å². The molecule has 1 N–H and O–H groups in total. The van der Waals surface area contributed by atoms with E-state index in [2.05, 4.69) is 10.3 Å². The fraction of sp³-hybridized carbons (Fsp3) is 0.100. The zero-order valence-corrected chi connectivity index (χ0v) is 13.8. The Balaban J connectivity index is 1.74. The van der Waals surface area contributed by atoms with E-state index in [-0.39, 0.29) is 11.7 Å². The number of para-hydroxylation sites is 1. The Morgan fingerprint density at radius 3 is 2.28 bits per heavy atom. The van der Waals surface area contributed by atoms with Crippen molar-refractivity contribution in [3.05, 3.63) is 84.4 Å². The first kappa shape index (κ1) is 16.6. The van der Waals surface area contributed by atoms with E-state index in [9.17, 15) is 9.18 Å². The average Bonchev–Trinajstić information content (AvgIpc) is 2.66. The zero-order chi connectivity index (χ0) is 17.6. The monoisotopic (exact) mass is 335 g/mol. The van der Waals surface area contributed by atoms with E-state index in [0.29, 0.717) is 12.2 Å². The number of benzene rings is 2. The molecule has 0 saturated carbocycles. The molecule has 0 aliphatic carbocycles. The van der Waals surface area contributed by atoms with Gasteiger partial charge in [-0.3, -0.25) is 4.79 Å². The molecule has 0 fully saturated rings. The van der Waals surface area contributed by atoms with Crippen LogP contribution in [0.4, 0.5) is 21.5 Å². The van der Waals surface area contributed by atoms with Crippen LogP contribution in [0.25, 0.3) is 0 Å². The van der Waals surface area contributed by atoms with Crippen molar-refractivity contribution in [1.82, 2.24) is 4.98 Å². The second-order valence-electron chi connectivity index (χ2n) is 5.45. The molecule has 0 spiro atoms. The molecule has 1 aromatic heterocycles. The van der Waals surface area contributed by atoms with Gasteiger partial charge in [0.2, 0.25) is 0 Å². The first-order valence-electron chi connectivity index (χ1n) is 8.03. The normalized spacial score (nSPS) is 10.3. The van der Waals surface area contributed by atoms with Crippen molar-refractivity contribution in [3.63, 3.8) is 0 Å². The van der Waals surface area contributed by atoms with Crippen LogP contribution < -0.4 is 10.2 Å². The lowest BCUT2D eigenvalue weighted by atomic mass is 10.2. The third kappa shape index (κ3) is 4.01. The molecule has 0 radical (unpaired) electrons. The number of aromatic nitrogens is 1. The molecule has 2 aromatic carbocycles. The molecule has 126 valence electrons. The number of nitrogens with one attached hydrogen (secondary N) is 1. The first-order chi connectivity index (χ1) is 12.2. The Morgan fingerprint density at radius 2 is 1.68 bits per heavy atom. The topological polar surface area (TPSA) is 45.2 Å². The summed E-state index contributed by atoms with van der Waals surface area (Å²) in [5, 5.41) is 3.12. The predicted molar refractivity (Wildman–Crippen MR) is 97.7 cm³/mol. The van der Waals surface area contributed by atoms with Gasteiger partial charge in [-0.2, -0.15) is 0 Å². The van der Waals surface area contributed by atoms with E-state index in [0.717, 1.165) is 17.1 Å². The minimum absolute atomic E-state index is 0.151. The van der Waals surface area contributed by atoms with E-state index in [1.807, 2.05) is 37.3 Å². The second-order valence-corrected chi connectivity index (χ2v) is 5.45. The largest absolute Gasteiger partial charge is 0.354 e. The summed E-state index contributed by atoms with van der Waals surface area (Å²) >= 11 is 0. The summed E-state index contributed by atoms with van der Waals surface area (Å²) in [6.07, 6.45) is 1.59. The lowest BCUT2D eigenvalue weighted by molar-refractivity contribution is 0.0983. The predicted octanol–water partition coefficient (Wildman–Crippen LogP) is 4.63. The van der Waals surface area contributed by atoms with Crippen LogP contribution in [0.2, 0.25) is 0 Å². The van der Waals surface area contributed by atoms with Crippen LogP contribution >= 0.6 is 0 Å². The van der Waals surface area contributed by atoms with Crippen LogP contribution in [0.15, 0.2) is 72.9 Å². The number of hydrogen-bond donors (Lipinski definition) is 1. The van der Waals surface area contributed by atoms with E-state index in [1.54, 1.807) is 35.4 Å². The molecular weight excluding hydrogens is 317 g/mol. The number of pyridine rings is 1. The number of nitrogens with zero attached hydrogens (tertiary/aromatic N) is 2. The molecule has 1 amide bonds. The number of carbonyl (C=O) groups excluding carboxylic acids is 1. The number of anilines is 3. The number of hydrogen-bond acceptors (Lipinski definition) is 3. The van der Waals surface area contributed by atoms with Crippen molar-refractivity contribution in [3.8, 4) is 0 Å². The van der Waals surface area contributed by atoms with Gasteiger partial charge in [0.15, 0.2) is 0 Å². The summed E-state index contributed by atoms with van der Waals surface area (Å²) in [4.78, 5) is 18.6. The Morgan fingerprint density at radius 1 is 1.00 bits per heavy atom. The van der Waals surface area contributed by atoms with Crippen molar-refractivity contribution in [2.75, 3.05) is 16.8 Å². The summed E-state index contributed by atoms with van der Waals surface area (Å²) in [6.45, 7) is 2.48. The lowest BCUT2D eigenvalue weighted by Gasteiger charge is -2.20. The maximum atomic E-state index is 12.9. The van der Waals surface area contributed by atoms with Gasteiger partial charge in [0.05, 0.1) is 11.9 Å². The van der Waals surface area contributed by atoms with Crippen LogP contribution in [0, 0.1) is 5.82 Å². The standard InChI is InChI=1S/C20H18FN3O/c1-2-24(18-6-4-3-5-7-18)20(25)19-13-12-17(14-22-19)23-16-10-8-15(21)9-11-16/h3-14,23H,2H2,1H3. The maximum absolute atomic E-state index is 12.9. The summed E-state index contributed by atoms with van der Waals surface area (Å²) in [5.41, 5.74) is 2.69. The molecule has 0 saturated heterocycles. The van der Waals surface area contributed by atoms with E-state index < -0.39 is 0 Å². The van der Waals surface area contributed by atoms with Crippen molar-refractivity contribution in [2.24, 2.45) is 0 Å². The molecule has 0 unspecified atom stereocenters. The molecule has 3 rings (SSSR count). The van der Waals surface area contributed by atoms with E-state index >= 15 is 0 Å². The molecule has 0 aliphatic rings. The summed E-state index contributed by atoms with van der Waals surface area (Å²) in [7, 11) is 0. The SMILES string of the molecule is CCN(C(=O)c1ccc(Nc2ccc(F)cc2)cn1)c1ccccc1. The van der Waals surface area contributed by atoms with Gasteiger partial charge in [-0.25, -0.2) is 9.37 Å². The molecule has 5 heteroatoms. The summed E-state index contributed by atoms with van der Waals surface area (Å²) < 4.78 is 12.9. The second kappa shape index (κ2) is 7.57. The fourth-order valence-electron chi connectivity index (χ4n) is 2.48. The lowest BCUT2D eigenvalue weighted by Crippen LogP contribution is -2.31. The third-order valence-corrected chi connectivity index (χ3v) is 3.74. The maximum Gasteiger partial charge on any atom is 0.276 e. The minimum atomic E-state index is -0.287. The smallest absolute Gasteiger partial charge is 0.276 e. The highest BCUT2D eigenvalue weighted by Gasteiger charge is 2.16. The number of rotatable bonds is 5. The minimum Gasteiger partial charge on any atom is -0.354 e. The van der Waals surface area contributed by atoms with Crippen molar-refractivity contribution >= 4 is 23.0 Å². The Kier molecular flexibility index (Phi) is 5.04. The van der Waals surface area contributed by atoms with E-state index in [4.69, 9.17) is 0 Å². The highest BCUT2D eigenvalue weighted by Crippen LogP contribution is 2.19. The van der Waals surface area contributed by atoms with Crippen LogP contribution in [0.1, 0.15) is 17.4 Å². The van der Waals surface area contributed by atoms with Crippen molar-refractivity contribution in [2.45, 2.75) is 6.92 Å². The van der Waals surface area contributed by atoms with E-state index in [1.165, 1.54) is 12.1 Å². The Bertz CT molecular complexity index is 833. The fourth-order valence-corrected chi connectivity index (χ4v) is 2.48. The van der Waals surface area contributed by atoms with Crippen LogP contribution in [-0.4, -0.2) is 17.4 Å². The molecular formula is C20H18FN3O. The first-order valence-corrected chi connectivity index (χ1v) is 8.03. The van der Waals surface area contributed by atoms with Crippen LogP contribution in [0.3, 0.4) is 0 Å². The van der Waals surface area contributed by atoms with Gasteiger partial charge in [0, 0.05) is 17.9 Å². The molecule has 0 bridgehead atoms. The quantitative estimate of drug-likeness (QED) is 0.739. The molecule has 1 heterocycles. The molecule has 0 aliphatic heterocycles. The zero-order valence-electron chi connectivity index (χ0n) is 13.8. The Labute approximate surface area is 145 Å². The highest BCUT2D eigenvalue weighted by molar-refractivity contribution is 6.04. The van der Waals surface area contributed by atoms with Gasteiger partial charge in [0.25, 0.3) is 5.91 Å². The van der Waals surface area contributed by atoms with Gasteiger partial charge in [0.1, 0.15) is 11.5 Å². The van der Waals surface area contributed by atoms with Crippen molar-refractivity contribution < 1.29 is 9.18 Å². The van der Waals surface area contributed by atoms with Gasteiger partial charge in [-0.15, -0.1) is 0 Å². The Hall–Kier alpha value is -3.21. The van der Waals surface area contributed by atoms with Crippen molar-refractivity contribution in [1.29, 1.82) is 0 Å². The highest BCUT2D eigenvalue weighted by atomic mass is 19.1. The van der Waals surface area contributed by atoms with Crippen LogP contribution in [-0.2, 0) is 0 Å². The number of amides is 1. The number of halogens is 1. The van der Waals surface area contributed by atoms with Gasteiger partial charge in [-0.05, 0) is 55.5 Å². The molecule has 0 atom stereocenters. The average molecular weight is 335 g/mol. The van der Waals surface area contributed by atoms with Gasteiger partial charge >= 0.3 is 0 Å². The number of carbonyl (C=O) groups is 1. The summed E-state index contributed by atoms with van der Waals surface area (Å²) in [6, 6.07) is 19.0. The molecule has 3 aromatic rings. The van der Waals surface area contributed by atoms with Crippen LogP contribution in [0.5, 0.6) is 0 Å². The third-order valence-electron chi connectivity index (χ3n) is 3.74. The summed E-state index contributed by atoms with van der Waals surface area (Å²) in [5.74, 6) is -0.438.